The minimum absolute atomic E-state index is 0.0780. The number of rotatable bonds is 6. The van der Waals surface area contributed by atoms with E-state index >= 15 is 0 Å². The highest BCUT2D eigenvalue weighted by Crippen LogP contribution is 2.25. The molecule has 0 bridgehead atoms. The number of allylic oxidation sites excluding steroid dienone is 2. The minimum atomic E-state index is -0.762. The molecule has 0 aliphatic rings. The van der Waals surface area contributed by atoms with E-state index in [0.29, 0.717) is 12.5 Å². The van der Waals surface area contributed by atoms with Gasteiger partial charge < -0.3 is 9.47 Å². The fourth-order valence-corrected chi connectivity index (χ4v) is 1.90. The number of ketones is 1. The quantitative estimate of drug-likeness (QED) is 0.413. The normalized spacial score (nSPS) is 12.5. The Kier molecular flexibility index (Phi) is 6.66. The third-order valence-electron chi connectivity index (χ3n) is 2.19. The van der Waals surface area contributed by atoms with Crippen molar-refractivity contribution in [1.29, 1.82) is 0 Å². The van der Waals surface area contributed by atoms with Crippen molar-refractivity contribution in [1.82, 2.24) is 0 Å². The number of carbonyl (C=O) groups is 2. The molecule has 0 N–H and O–H groups in total. The van der Waals surface area contributed by atoms with E-state index in [0.717, 1.165) is 6.42 Å². The second-order valence-corrected chi connectivity index (χ2v) is 5.77. The molecule has 0 saturated heterocycles. The highest BCUT2D eigenvalue weighted by Gasteiger charge is 2.22. The van der Waals surface area contributed by atoms with Gasteiger partial charge >= 0.3 is 6.16 Å². The van der Waals surface area contributed by atoms with Gasteiger partial charge in [0.15, 0.2) is 5.78 Å². The third-order valence-corrected chi connectivity index (χ3v) is 2.19. The van der Waals surface area contributed by atoms with Gasteiger partial charge in [-0.2, -0.15) is 0 Å². The minimum Gasteiger partial charge on any atom is -0.433 e. The van der Waals surface area contributed by atoms with Gasteiger partial charge in [-0.25, -0.2) is 4.79 Å². The Hall–Kier alpha value is -1.32. The summed E-state index contributed by atoms with van der Waals surface area (Å²) < 4.78 is 9.89. The lowest BCUT2D eigenvalue weighted by Gasteiger charge is -2.25. The molecule has 0 fully saturated rings. The summed E-state index contributed by atoms with van der Waals surface area (Å²) in [4.78, 5) is 22.1. The standard InChI is InChI=1S/C14H24O4/c1-10(2)8-14(5,6)9-17-13(16)18-12(4)7-11(3)15/h7,10H,8-9H2,1-6H3/b12-7+. The molecule has 104 valence electrons. The molecule has 0 heterocycles. The highest BCUT2D eigenvalue weighted by atomic mass is 16.7. The van der Waals surface area contributed by atoms with Gasteiger partial charge in [-0.15, -0.1) is 0 Å². The van der Waals surface area contributed by atoms with Crippen LogP contribution < -0.4 is 0 Å². The summed E-state index contributed by atoms with van der Waals surface area (Å²) in [7, 11) is 0. The third kappa shape index (κ3) is 8.79. The molecule has 4 nitrogen and oxygen atoms in total. The van der Waals surface area contributed by atoms with Crippen molar-refractivity contribution in [2.45, 2.75) is 48.0 Å². The molecule has 0 spiro atoms. The smallest absolute Gasteiger partial charge is 0.433 e. The first-order chi connectivity index (χ1) is 8.12. The van der Waals surface area contributed by atoms with Crippen molar-refractivity contribution in [3.05, 3.63) is 11.8 Å². The van der Waals surface area contributed by atoms with Crippen LogP contribution in [0.3, 0.4) is 0 Å². The molecule has 0 aliphatic heterocycles. The summed E-state index contributed by atoms with van der Waals surface area (Å²) in [6, 6.07) is 0. The van der Waals surface area contributed by atoms with Gasteiger partial charge in [0.05, 0.1) is 0 Å². The van der Waals surface area contributed by atoms with Crippen LogP contribution in [-0.2, 0) is 14.3 Å². The average Bonchev–Trinajstić information content (AvgIpc) is 2.11. The number of hydrogen-bond donors (Lipinski definition) is 0. The van der Waals surface area contributed by atoms with Gasteiger partial charge in [0.1, 0.15) is 12.4 Å². The summed E-state index contributed by atoms with van der Waals surface area (Å²) in [6.07, 6.45) is 1.45. The van der Waals surface area contributed by atoms with Gasteiger partial charge in [-0.3, -0.25) is 4.79 Å². The Morgan fingerprint density at radius 2 is 1.78 bits per heavy atom. The molecule has 0 saturated carbocycles. The van der Waals surface area contributed by atoms with E-state index in [-0.39, 0.29) is 17.0 Å². The van der Waals surface area contributed by atoms with Crippen LogP contribution in [0.1, 0.15) is 48.0 Å². The Balaban J connectivity index is 4.15. The van der Waals surface area contributed by atoms with Gasteiger partial charge in [0.25, 0.3) is 0 Å². The second kappa shape index (κ2) is 7.19. The molecule has 0 aliphatic carbocycles. The van der Waals surface area contributed by atoms with Gasteiger partial charge in [0.2, 0.25) is 0 Å². The molecule has 18 heavy (non-hydrogen) atoms. The largest absolute Gasteiger partial charge is 0.513 e. The molecular weight excluding hydrogens is 232 g/mol. The predicted molar refractivity (Wildman–Crippen MR) is 70.1 cm³/mol. The van der Waals surface area contributed by atoms with E-state index in [9.17, 15) is 9.59 Å². The first-order valence-corrected chi connectivity index (χ1v) is 6.16. The van der Waals surface area contributed by atoms with Crippen molar-refractivity contribution < 1.29 is 19.1 Å². The number of hydrogen-bond acceptors (Lipinski definition) is 4. The Morgan fingerprint density at radius 3 is 2.22 bits per heavy atom. The Bertz CT molecular complexity index is 327. The second-order valence-electron chi connectivity index (χ2n) is 5.77. The Labute approximate surface area is 109 Å². The molecule has 0 atom stereocenters. The summed E-state index contributed by atoms with van der Waals surface area (Å²) in [6.45, 7) is 11.6. The van der Waals surface area contributed by atoms with E-state index in [1.165, 1.54) is 13.0 Å². The fraction of sp³-hybridized carbons (Fsp3) is 0.714. The van der Waals surface area contributed by atoms with Crippen LogP contribution in [0.15, 0.2) is 11.8 Å². The average molecular weight is 256 g/mol. The zero-order valence-electron chi connectivity index (χ0n) is 12.2. The molecule has 0 radical (unpaired) electrons. The molecule has 0 rings (SSSR count). The molecule has 0 aromatic heterocycles. The lowest BCUT2D eigenvalue weighted by atomic mass is 9.85. The summed E-state index contributed by atoms with van der Waals surface area (Å²) >= 11 is 0. The van der Waals surface area contributed by atoms with E-state index < -0.39 is 6.16 Å². The van der Waals surface area contributed by atoms with Crippen LogP contribution in [0, 0.1) is 11.3 Å². The van der Waals surface area contributed by atoms with Crippen LogP contribution in [-0.4, -0.2) is 18.5 Å². The summed E-state index contributed by atoms with van der Waals surface area (Å²) in [5, 5.41) is 0. The summed E-state index contributed by atoms with van der Waals surface area (Å²) in [5.74, 6) is 0.619. The van der Waals surface area contributed by atoms with Crippen LogP contribution >= 0.6 is 0 Å². The molecule has 4 heteroatoms. The SMILES string of the molecule is CC(=O)/C=C(\C)OC(=O)OCC(C)(C)CC(C)C. The van der Waals surface area contributed by atoms with Crippen molar-refractivity contribution in [2.75, 3.05) is 6.61 Å². The molecule has 0 aromatic rings. The lowest BCUT2D eigenvalue weighted by molar-refractivity contribution is -0.112. The molecular formula is C14H24O4. The maximum Gasteiger partial charge on any atom is 0.513 e. The van der Waals surface area contributed by atoms with E-state index in [1.807, 2.05) is 13.8 Å². The molecule has 0 aromatic carbocycles. The van der Waals surface area contributed by atoms with Gasteiger partial charge in [-0.1, -0.05) is 27.7 Å². The highest BCUT2D eigenvalue weighted by molar-refractivity contribution is 5.87. The van der Waals surface area contributed by atoms with Crippen molar-refractivity contribution in [3.8, 4) is 0 Å². The van der Waals surface area contributed by atoms with Crippen molar-refractivity contribution >= 4 is 11.9 Å². The first kappa shape index (κ1) is 16.7. The van der Waals surface area contributed by atoms with Crippen LogP contribution in [0.5, 0.6) is 0 Å². The van der Waals surface area contributed by atoms with E-state index in [4.69, 9.17) is 9.47 Å². The van der Waals surface area contributed by atoms with Crippen LogP contribution in [0.4, 0.5) is 4.79 Å². The Morgan fingerprint density at radius 1 is 1.22 bits per heavy atom. The maximum atomic E-state index is 11.4. The van der Waals surface area contributed by atoms with Crippen LogP contribution in [0.25, 0.3) is 0 Å². The van der Waals surface area contributed by atoms with Gasteiger partial charge in [-0.05, 0) is 31.6 Å². The van der Waals surface area contributed by atoms with Crippen LogP contribution in [0.2, 0.25) is 0 Å². The number of ether oxygens (including phenoxy) is 2. The van der Waals surface area contributed by atoms with E-state index in [2.05, 4.69) is 13.8 Å². The predicted octanol–water partition coefficient (Wildman–Crippen LogP) is 3.70. The molecule has 0 unspecified atom stereocenters. The first-order valence-electron chi connectivity index (χ1n) is 6.16. The topological polar surface area (TPSA) is 52.6 Å². The fourth-order valence-electron chi connectivity index (χ4n) is 1.90. The van der Waals surface area contributed by atoms with Gasteiger partial charge in [0, 0.05) is 6.08 Å². The summed E-state index contributed by atoms with van der Waals surface area (Å²) in [5.41, 5.74) is -0.0780. The van der Waals surface area contributed by atoms with E-state index in [1.54, 1.807) is 6.92 Å². The maximum absolute atomic E-state index is 11.4. The zero-order chi connectivity index (χ0) is 14.3. The lowest BCUT2D eigenvalue weighted by Crippen LogP contribution is -2.24. The van der Waals surface area contributed by atoms with Crippen molar-refractivity contribution in [2.24, 2.45) is 11.3 Å². The molecule has 0 amide bonds. The monoisotopic (exact) mass is 256 g/mol. The van der Waals surface area contributed by atoms with Crippen molar-refractivity contribution in [3.63, 3.8) is 0 Å². The zero-order valence-corrected chi connectivity index (χ0v) is 12.2. The number of carbonyl (C=O) groups excluding carboxylic acids is 2.